The van der Waals surface area contributed by atoms with E-state index in [4.69, 9.17) is 4.74 Å². The van der Waals surface area contributed by atoms with E-state index < -0.39 is 0 Å². The van der Waals surface area contributed by atoms with Crippen molar-refractivity contribution in [1.29, 1.82) is 0 Å². The molecule has 0 fully saturated rings. The largest absolute Gasteiger partial charge is 0.456 e. The number of esters is 1. The average Bonchev–Trinajstić information content (AvgIpc) is 2.80. The first kappa shape index (κ1) is 11.3. The number of carbonyl (C=O) groups is 1. The molecule has 2 aromatic heterocycles. The first-order valence-corrected chi connectivity index (χ1v) is 6.29. The number of fused-ring (bicyclic) bond motifs is 1. The molecule has 0 aromatic carbocycles. The van der Waals surface area contributed by atoms with Gasteiger partial charge in [0.15, 0.2) is 4.96 Å². The van der Waals surface area contributed by atoms with Crippen molar-refractivity contribution >= 4 is 38.2 Å². The number of ether oxygens (including phenoxy) is 1. The van der Waals surface area contributed by atoms with Gasteiger partial charge in [0.05, 0.1) is 0 Å². The van der Waals surface area contributed by atoms with E-state index in [2.05, 4.69) is 20.9 Å². The number of rotatable bonds is 3. The highest BCUT2D eigenvalue weighted by molar-refractivity contribution is 9.10. The number of hydrogen-bond donors (Lipinski definition) is 0. The van der Waals surface area contributed by atoms with E-state index in [0.29, 0.717) is 0 Å². The Bertz CT molecular complexity index is 544. The van der Waals surface area contributed by atoms with Crippen molar-refractivity contribution in [3.05, 3.63) is 34.0 Å². The second-order valence-corrected chi connectivity index (χ2v) is 4.64. The average molecular weight is 301 g/mol. The molecule has 0 aliphatic rings. The molecule has 0 aliphatic heterocycles. The Labute approximate surface area is 105 Å². The Morgan fingerprint density at radius 1 is 1.75 bits per heavy atom. The monoisotopic (exact) mass is 300 g/mol. The van der Waals surface area contributed by atoms with Crippen LogP contribution in [0.15, 0.2) is 28.3 Å². The van der Waals surface area contributed by atoms with Crippen LogP contribution in [0.5, 0.6) is 0 Å². The van der Waals surface area contributed by atoms with Gasteiger partial charge in [0, 0.05) is 17.7 Å². The molecule has 0 amide bonds. The summed E-state index contributed by atoms with van der Waals surface area (Å²) in [6, 6.07) is 0. The highest BCUT2D eigenvalue weighted by Gasteiger charge is 2.11. The second-order valence-electron chi connectivity index (χ2n) is 3.01. The van der Waals surface area contributed by atoms with Gasteiger partial charge in [0.25, 0.3) is 0 Å². The molecule has 0 unspecified atom stereocenters. The van der Waals surface area contributed by atoms with Crippen LogP contribution < -0.4 is 0 Å². The maximum absolute atomic E-state index is 11.1. The first-order valence-electron chi connectivity index (χ1n) is 4.61. The number of thiazole rings is 1. The molecule has 4 nitrogen and oxygen atoms in total. The fourth-order valence-corrected chi connectivity index (χ4v) is 2.56. The molecule has 2 rings (SSSR count). The molecule has 6 heteroatoms. The molecular weight excluding hydrogens is 292 g/mol. The number of aromatic nitrogens is 2. The first-order chi connectivity index (χ1) is 7.72. The van der Waals surface area contributed by atoms with Crippen molar-refractivity contribution in [3.63, 3.8) is 0 Å². The van der Waals surface area contributed by atoms with E-state index in [1.54, 1.807) is 13.0 Å². The van der Waals surface area contributed by atoms with Crippen LogP contribution in [0.1, 0.15) is 12.6 Å². The van der Waals surface area contributed by atoms with E-state index in [1.165, 1.54) is 17.4 Å². The van der Waals surface area contributed by atoms with E-state index in [0.717, 1.165) is 15.3 Å². The smallest absolute Gasteiger partial charge is 0.330 e. The Morgan fingerprint density at radius 3 is 3.25 bits per heavy atom. The fourth-order valence-electron chi connectivity index (χ4n) is 1.22. The molecule has 84 valence electrons. The zero-order valence-electron chi connectivity index (χ0n) is 8.51. The molecule has 0 bridgehead atoms. The Morgan fingerprint density at radius 2 is 2.56 bits per heavy atom. The summed E-state index contributed by atoms with van der Waals surface area (Å²) < 4.78 is 7.76. The Kier molecular flexibility index (Phi) is 3.40. The number of hydrogen-bond acceptors (Lipinski definition) is 4. The number of nitrogens with zero attached hydrogens (tertiary/aromatic N) is 2. The Hall–Kier alpha value is -1.14. The standard InChI is InChI=1S/C10H9BrN2O2S/c1-2-3-8(14)15-6-7-9(11)13-4-5-16-10(13)12-7/h2-5H,6H2,1H3/b3-2+. The van der Waals surface area contributed by atoms with Gasteiger partial charge in [-0.05, 0) is 22.9 Å². The van der Waals surface area contributed by atoms with Gasteiger partial charge in [0.1, 0.15) is 16.9 Å². The minimum Gasteiger partial charge on any atom is -0.456 e. The van der Waals surface area contributed by atoms with Gasteiger partial charge in [-0.15, -0.1) is 11.3 Å². The third-order valence-electron chi connectivity index (χ3n) is 1.92. The highest BCUT2D eigenvalue weighted by atomic mass is 79.9. The minimum atomic E-state index is -0.356. The molecular formula is C10H9BrN2O2S. The van der Waals surface area contributed by atoms with Gasteiger partial charge in [-0.1, -0.05) is 6.08 Å². The summed E-state index contributed by atoms with van der Waals surface area (Å²) >= 11 is 4.95. The summed E-state index contributed by atoms with van der Waals surface area (Å²) in [7, 11) is 0. The maximum Gasteiger partial charge on any atom is 0.330 e. The SMILES string of the molecule is C/C=C/C(=O)OCc1nc2sccn2c1Br. The summed E-state index contributed by atoms with van der Waals surface area (Å²) in [5.74, 6) is -0.356. The highest BCUT2D eigenvalue weighted by Crippen LogP contribution is 2.22. The lowest BCUT2D eigenvalue weighted by molar-refractivity contribution is -0.139. The van der Waals surface area contributed by atoms with Crippen LogP contribution in [-0.2, 0) is 16.1 Å². The Balaban J connectivity index is 2.12. The van der Waals surface area contributed by atoms with Gasteiger partial charge in [-0.25, -0.2) is 9.78 Å². The van der Waals surface area contributed by atoms with E-state index in [9.17, 15) is 4.79 Å². The topological polar surface area (TPSA) is 43.6 Å². The molecule has 0 saturated carbocycles. The normalized spacial score (nSPS) is 11.4. The number of allylic oxidation sites excluding steroid dienone is 1. The molecule has 0 saturated heterocycles. The third-order valence-corrected chi connectivity index (χ3v) is 3.52. The summed E-state index contributed by atoms with van der Waals surface area (Å²) in [5.41, 5.74) is 0.727. The summed E-state index contributed by atoms with van der Waals surface area (Å²) in [4.78, 5) is 16.3. The quantitative estimate of drug-likeness (QED) is 0.647. The molecule has 0 aliphatic carbocycles. The predicted molar refractivity (Wildman–Crippen MR) is 65.4 cm³/mol. The van der Waals surface area contributed by atoms with Crippen molar-refractivity contribution in [2.75, 3.05) is 0 Å². The fraction of sp³-hybridized carbons (Fsp3) is 0.200. The molecule has 2 heterocycles. The van der Waals surface area contributed by atoms with E-state index in [-0.39, 0.29) is 12.6 Å². The van der Waals surface area contributed by atoms with Crippen LogP contribution in [-0.4, -0.2) is 15.4 Å². The van der Waals surface area contributed by atoms with Crippen molar-refractivity contribution < 1.29 is 9.53 Å². The molecule has 0 atom stereocenters. The lowest BCUT2D eigenvalue weighted by atomic mass is 10.5. The molecule has 0 N–H and O–H groups in total. The van der Waals surface area contributed by atoms with Crippen molar-refractivity contribution in [3.8, 4) is 0 Å². The minimum absolute atomic E-state index is 0.179. The van der Waals surface area contributed by atoms with Gasteiger partial charge in [-0.3, -0.25) is 4.40 Å². The van der Waals surface area contributed by atoms with Gasteiger partial charge in [0.2, 0.25) is 0 Å². The number of halogens is 1. The zero-order chi connectivity index (χ0) is 11.5. The van der Waals surface area contributed by atoms with Gasteiger partial charge < -0.3 is 4.74 Å². The van der Waals surface area contributed by atoms with Crippen LogP contribution in [0.25, 0.3) is 4.96 Å². The van der Waals surface area contributed by atoms with Crippen LogP contribution in [0.4, 0.5) is 0 Å². The molecule has 16 heavy (non-hydrogen) atoms. The van der Waals surface area contributed by atoms with Crippen LogP contribution in [0.3, 0.4) is 0 Å². The summed E-state index contributed by atoms with van der Waals surface area (Å²) in [6.45, 7) is 1.95. The third kappa shape index (κ3) is 2.17. The van der Waals surface area contributed by atoms with Crippen molar-refractivity contribution in [2.45, 2.75) is 13.5 Å². The molecule has 2 aromatic rings. The summed E-state index contributed by atoms with van der Waals surface area (Å²) in [6.07, 6.45) is 4.93. The van der Waals surface area contributed by atoms with Crippen molar-refractivity contribution in [1.82, 2.24) is 9.38 Å². The van der Waals surface area contributed by atoms with Crippen molar-refractivity contribution in [2.24, 2.45) is 0 Å². The van der Waals surface area contributed by atoms with Crippen LogP contribution >= 0.6 is 27.3 Å². The summed E-state index contributed by atoms with van der Waals surface area (Å²) in [5, 5.41) is 1.95. The van der Waals surface area contributed by atoms with Gasteiger partial charge >= 0.3 is 5.97 Å². The predicted octanol–water partition coefficient (Wildman–Crippen LogP) is 2.78. The second kappa shape index (κ2) is 4.80. The van der Waals surface area contributed by atoms with Crippen LogP contribution in [0, 0.1) is 0 Å². The van der Waals surface area contributed by atoms with E-state index in [1.807, 2.05) is 16.0 Å². The van der Waals surface area contributed by atoms with Crippen LogP contribution in [0.2, 0.25) is 0 Å². The molecule has 0 spiro atoms. The van der Waals surface area contributed by atoms with E-state index >= 15 is 0 Å². The molecule has 0 radical (unpaired) electrons. The zero-order valence-corrected chi connectivity index (χ0v) is 10.9. The lowest BCUT2D eigenvalue weighted by Gasteiger charge is -1.98. The maximum atomic E-state index is 11.1. The lowest BCUT2D eigenvalue weighted by Crippen LogP contribution is -2.01. The van der Waals surface area contributed by atoms with Gasteiger partial charge in [-0.2, -0.15) is 0 Å². The number of carbonyl (C=O) groups excluding carboxylic acids is 1. The number of imidazole rings is 1.